The van der Waals surface area contributed by atoms with E-state index in [2.05, 4.69) is 0 Å². The maximum absolute atomic E-state index is 12.8. The molecule has 2 rings (SSSR count). The maximum Gasteiger partial charge on any atom is 0.243 e. The first-order valence-electron chi connectivity index (χ1n) is 8.31. The molecule has 1 heterocycles. The van der Waals surface area contributed by atoms with Gasteiger partial charge in [0.1, 0.15) is 12.4 Å². The zero-order valence-electron chi connectivity index (χ0n) is 15.3. The van der Waals surface area contributed by atoms with Crippen molar-refractivity contribution in [3.05, 3.63) is 24.3 Å². The normalized spacial score (nSPS) is 17.5. The zero-order valence-corrected chi connectivity index (χ0v) is 16.9. The van der Waals surface area contributed by atoms with Crippen LogP contribution in [0.1, 0.15) is 12.8 Å². The molecule has 0 bridgehead atoms. The summed E-state index contributed by atoms with van der Waals surface area (Å²) in [5, 5.41) is 0. The van der Waals surface area contributed by atoms with Crippen molar-refractivity contribution in [1.82, 2.24) is 8.61 Å². The molecule has 0 radical (unpaired) electrons. The van der Waals surface area contributed by atoms with Crippen LogP contribution >= 0.6 is 0 Å². The molecule has 1 aliphatic heterocycles. The van der Waals surface area contributed by atoms with Gasteiger partial charge in [0.25, 0.3) is 0 Å². The summed E-state index contributed by atoms with van der Waals surface area (Å²) in [6, 6.07) is 6.10. The lowest BCUT2D eigenvalue weighted by atomic mass is 10.1. The minimum Gasteiger partial charge on any atom is -0.491 e. The Morgan fingerprint density at radius 3 is 2.15 bits per heavy atom. The van der Waals surface area contributed by atoms with Gasteiger partial charge in [0.2, 0.25) is 20.0 Å². The number of sulfonamides is 2. The zero-order chi connectivity index (χ0) is 19.4. The van der Waals surface area contributed by atoms with E-state index in [0.29, 0.717) is 44.9 Å². The van der Waals surface area contributed by atoms with Crippen LogP contribution in [0.15, 0.2) is 29.2 Å². The van der Waals surface area contributed by atoms with E-state index in [9.17, 15) is 16.8 Å². The lowest BCUT2D eigenvalue weighted by Crippen LogP contribution is -2.46. The highest BCUT2D eigenvalue weighted by Crippen LogP contribution is 2.25. The molecule has 0 N–H and O–H groups in total. The van der Waals surface area contributed by atoms with Crippen LogP contribution < -0.4 is 4.74 Å². The lowest BCUT2D eigenvalue weighted by Gasteiger charge is -2.34. The molecule has 0 spiro atoms. The van der Waals surface area contributed by atoms with Gasteiger partial charge in [-0.1, -0.05) is 0 Å². The number of hydrogen-bond donors (Lipinski definition) is 0. The molecular weight excluding hydrogens is 380 g/mol. The van der Waals surface area contributed by atoms with Gasteiger partial charge in [0.15, 0.2) is 0 Å². The molecule has 0 saturated carbocycles. The summed E-state index contributed by atoms with van der Waals surface area (Å²) in [7, 11) is -3.77. The second-order valence-electron chi connectivity index (χ2n) is 6.23. The van der Waals surface area contributed by atoms with Crippen molar-refractivity contribution in [2.45, 2.75) is 23.8 Å². The second kappa shape index (κ2) is 8.66. The molecule has 148 valence electrons. The molecule has 1 aromatic carbocycles. The molecule has 1 aliphatic rings. The Morgan fingerprint density at radius 1 is 1.08 bits per heavy atom. The number of nitrogens with zero attached hydrogens (tertiary/aromatic N) is 2. The number of methoxy groups -OCH3 is 1. The van der Waals surface area contributed by atoms with Crippen molar-refractivity contribution >= 4 is 20.0 Å². The fraction of sp³-hybridized carbons (Fsp3) is 0.625. The van der Waals surface area contributed by atoms with E-state index in [4.69, 9.17) is 9.47 Å². The molecule has 26 heavy (non-hydrogen) atoms. The van der Waals surface area contributed by atoms with Gasteiger partial charge in [-0.15, -0.1) is 0 Å². The standard InChI is InChI=1S/C16H26N2O6S2/c1-17(25(3,19)20)14-8-10-18(11-9-14)26(21,22)16-6-4-15(5-7-16)24-13-12-23-2/h4-7,14H,8-13H2,1-3H3. The third-order valence-corrected chi connectivity index (χ3v) is 7.74. The molecule has 10 heteroatoms. The number of hydrogen-bond acceptors (Lipinski definition) is 6. The Morgan fingerprint density at radius 2 is 1.65 bits per heavy atom. The first kappa shape index (κ1) is 21.1. The van der Waals surface area contributed by atoms with Crippen LogP contribution in [0, 0.1) is 0 Å². The summed E-state index contributed by atoms with van der Waals surface area (Å²) in [4.78, 5) is 0.200. The minimum atomic E-state index is -3.60. The summed E-state index contributed by atoms with van der Waals surface area (Å²) < 4.78 is 61.9. The van der Waals surface area contributed by atoms with E-state index in [1.54, 1.807) is 19.2 Å². The van der Waals surface area contributed by atoms with E-state index < -0.39 is 20.0 Å². The number of piperidine rings is 1. The van der Waals surface area contributed by atoms with Crippen LogP contribution in [0.4, 0.5) is 0 Å². The van der Waals surface area contributed by atoms with Gasteiger partial charge in [-0.05, 0) is 37.1 Å². The van der Waals surface area contributed by atoms with Crippen molar-refractivity contribution in [2.75, 3.05) is 46.7 Å². The van der Waals surface area contributed by atoms with E-state index in [0.717, 1.165) is 6.26 Å². The molecule has 1 aromatic rings. The minimum absolute atomic E-state index is 0.173. The molecule has 0 unspecified atom stereocenters. The summed E-state index contributed by atoms with van der Waals surface area (Å²) in [5.74, 6) is 0.578. The largest absolute Gasteiger partial charge is 0.491 e. The average molecular weight is 407 g/mol. The van der Waals surface area contributed by atoms with Gasteiger partial charge in [-0.3, -0.25) is 0 Å². The third-order valence-electron chi connectivity index (χ3n) is 4.48. The van der Waals surface area contributed by atoms with Crippen LogP contribution in [-0.4, -0.2) is 78.2 Å². The van der Waals surface area contributed by atoms with Crippen LogP contribution in [-0.2, 0) is 24.8 Å². The average Bonchev–Trinajstić information content (AvgIpc) is 2.61. The highest BCUT2D eigenvalue weighted by atomic mass is 32.2. The first-order chi connectivity index (χ1) is 12.2. The van der Waals surface area contributed by atoms with E-state index >= 15 is 0 Å². The van der Waals surface area contributed by atoms with Crippen molar-refractivity contribution in [1.29, 1.82) is 0 Å². The molecule has 8 nitrogen and oxygen atoms in total. The smallest absolute Gasteiger partial charge is 0.243 e. The Balaban J connectivity index is 2.00. The van der Waals surface area contributed by atoms with Crippen molar-refractivity contribution in [3.8, 4) is 5.75 Å². The van der Waals surface area contributed by atoms with Gasteiger partial charge in [0.05, 0.1) is 17.8 Å². The topological polar surface area (TPSA) is 93.2 Å². The molecule has 1 saturated heterocycles. The van der Waals surface area contributed by atoms with E-state index in [1.165, 1.54) is 27.8 Å². The van der Waals surface area contributed by atoms with E-state index in [1.807, 2.05) is 0 Å². The Labute approximate surface area is 155 Å². The predicted molar refractivity (Wildman–Crippen MR) is 98.2 cm³/mol. The van der Waals surface area contributed by atoms with Crippen molar-refractivity contribution in [3.63, 3.8) is 0 Å². The highest BCUT2D eigenvalue weighted by molar-refractivity contribution is 7.89. The third kappa shape index (κ3) is 5.17. The maximum atomic E-state index is 12.8. The highest BCUT2D eigenvalue weighted by Gasteiger charge is 2.32. The summed E-state index contributed by atoms with van der Waals surface area (Å²) in [5.41, 5.74) is 0. The number of ether oxygens (including phenoxy) is 2. The van der Waals surface area contributed by atoms with Gasteiger partial charge in [0, 0.05) is 33.3 Å². The number of rotatable bonds is 8. The van der Waals surface area contributed by atoms with Crippen molar-refractivity contribution in [2.24, 2.45) is 0 Å². The van der Waals surface area contributed by atoms with Crippen LogP contribution in [0.25, 0.3) is 0 Å². The monoisotopic (exact) mass is 406 g/mol. The Bertz CT molecular complexity index is 785. The van der Waals surface area contributed by atoms with Crippen molar-refractivity contribution < 1.29 is 26.3 Å². The first-order valence-corrected chi connectivity index (χ1v) is 11.6. The SMILES string of the molecule is COCCOc1ccc(S(=O)(=O)N2CCC(N(C)S(C)(=O)=O)CC2)cc1. The van der Waals surface area contributed by atoms with Gasteiger partial charge in [-0.25, -0.2) is 21.1 Å². The molecule has 0 atom stereocenters. The fourth-order valence-corrected chi connectivity index (χ4v) is 5.04. The Kier molecular flexibility index (Phi) is 7.03. The van der Waals surface area contributed by atoms with E-state index in [-0.39, 0.29) is 10.9 Å². The predicted octanol–water partition coefficient (Wildman–Crippen LogP) is 0.756. The van der Waals surface area contributed by atoms with Gasteiger partial charge >= 0.3 is 0 Å². The molecule has 0 aromatic heterocycles. The Hall–Kier alpha value is -1.20. The molecular formula is C16H26N2O6S2. The summed E-state index contributed by atoms with van der Waals surface area (Å²) in [6.45, 7) is 1.43. The quantitative estimate of drug-likeness (QED) is 0.592. The van der Waals surface area contributed by atoms with Gasteiger partial charge in [-0.2, -0.15) is 4.31 Å². The summed E-state index contributed by atoms with van der Waals surface area (Å²) in [6.07, 6.45) is 2.11. The summed E-state index contributed by atoms with van der Waals surface area (Å²) >= 11 is 0. The lowest BCUT2D eigenvalue weighted by molar-refractivity contribution is 0.146. The van der Waals surface area contributed by atoms with Crippen LogP contribution in [0.3, 0.4) is 0 Å². The molecule has 0 aliphatic carbocycles. The number of benzene rings is 1. The molecule has 1 fully saturated rings. The van der Waals surface area contributed by atoms with Crippen LogP contribution in [0.5, 0.6) is 5.75 Å². The second-order valence-corrected chi connectivity index (χ2v) is 10.2. The molecule has 0 amide bonds. The van der Waals surface area contributed by atoms with Gasteiger partial charge < -0.3 is 9.47 Å². The fourth-order valence-electron chi connectivity index (χ4n) is 2.82. The van der Waals surface area contributed by atoms with Crippen LogP contribution in [0.2, 0.25) is 0 Å².